The maximum absolute atomic E-state index is 15.0. The highest BCUT2D eigenvalue weighted by Gasteiger charge is 2.30. The average molecular weight is 453 g/mol. The molecule has 0 N–H and O–H groups in total. The van der Waals surface area contributed by atoms with E-state index in [0.717, 1.165) is 23.4 Å². The zero-order valence-electron chi connectivity index (χ0n) is 18.5. The van der Waals surface area contributed by atoms with E-state index in [-0.39, 0.29) is 0 Å². The Labute approximate surface area is 189 Å². The molecule has 0 spiro atoms. The van der Waals surface area contributed by atoms with Gasteiger partial charge in [-0.15, -0.1) is 0 Å². The largest absolute Gasteiger partial charge is 0.493 e. The Hall–Kier alpha value is -3.41. The molecular formula is C27H23F4NO. The first-order valence-corrected chi connectivity index (χ1v) is 10.6. The van der Waals surface area contributed by atoms with Gasteiger partial charge in [0.15, 0.2) is 0 Å². The second-order valence-electron chi connectivity index (χ2n) is 8.48. The fourth-order valence-electron chi connectivity index (χ4n) is 3.62. The summed E-state index contributed by atoms with van der Waals surface area (Å²) in [5.74, 6) is 0.734. The highest BCUT2D eigenvalue weighted by atomic mass is 19.4. The number of halogens is 4. The van der Waals surface area contributed by atoms with Crippen LogP contribution in [0.15, 0.2) is 66.7 Å². The molecule has 0 amide bonds. The molecular weight excluding hydrogens is 430 g/mol. The van der Waals surface area contributed by atoms with E-state index < -0.39 is 17.6 Å². The van der Waals surface area contributed by atoms with Gasteiger partial charge in [-0.05, 0) is 66.4 Å². The predicted molar refractivity (Wildman–Crippen MR) is 123 cm³/mol. The molecule has 0 bridgehead atoms. The number of rotatable bonds is 5. The molecule has 2 nitrogen and oxygen atoms in total. The number of fused-ring (bicyclic) bond motifs is 1. The summed E-state index contributed by atoms with van der Waals surface area (Å²) in [4.78, 5) is 4.47. The molecule has 0 saturated heterocycles. The van der Waals surface area contributed by atoms with Crippen molar-refractivity contribution < 1.29 is 22.3 Å². The molecule has 170 valence electrons. The SMILES string of the molecule is Cc1cc(-c2ccc(-c3ccc(OCC(C)C)cc3)c(F)c2)nc2ccc(C(F)(F)F)cc12. The number of aromatic nitrogens is 1. The van der Waals surface area contributed by atoms with Gasteiger partial charge in [0.2, 0.25) is 0 Å². The van der Waals surface area contributed by atoms with Gasteiger partial charge in [0, 0.05) is 16.5 Å². The summed E-state index contributed by atoms with van der Waals surface area (Å²) >= 11 is 0. The van der Waals surface area contributed by atoms with Crippen molar-refractivity contribution in [3.05, 3.63) is 83.7 Å². The van der Waals surface area contributed by atoms with E-state index in [1.807, 2.05) is 24.3 Å². The van der Waals surface area contributed by atoms with Crippen molar-refractivity contribution >= 4 is 10.9 Å². The van der Waals surface area contributed by atoms with Crippen molar-refractivity contribution in [3.8, 4) is 28.1 Å². The van der Waals surface area contributed by atoms with E-state index >= 15 is 0 Å². The van der Waals surface area contributed by atoms with Crippen molar-refractivity contribution in [1.29, 1.82) is 0 Å². The van der Waals surface area contributed by atoms with Gasteiger partial charge in [0.25, 0.3) is 0 Å². The van der Waals surface area contributed by atoms with E-state index in [0.29, 0.717) is 45.8 Å². The molecule has 0 aliphatic rings. The molecule has 1 aromatic heterocycles. The van der Waals surface area contributed by atoms with Crippen molar-refractivity contribution in [3.63, 3.8) is 0 Å². The van der Waals surface area contributed by atoms with Gasteiger partial charge in [-0.3, -0.25) is 0 Å². The molecule has 4 aromatic rings. The molecule has 0 aliphatic carbocycles. The van der Waals surface area contributed by atoms with Crippen LogP contribution < -0.4 is 4.74 Å². The maximum Gasteiger partial charge on any atom is 0.416 e. The van der Waals surface area contributed by atoms with Crippen molar-refractivity contribution in [2.75, 3.05) is 6.61 Å². The van der Waals surface area contributed by atoms with Crippen LogP contribution in [0.2, 0.25) is 0 Å². The van der Waals surface area contributed by atoms with Gasteiger partial charge >= 0.3 is 6.18 Å². The first kappa shape index (κ1) is 22.8. The lowest BCUT2D eigenvalue weighted by Crippen LogP contribution is -2.04. The van der Waals surface area contributed by atoms with Gasteiger partial charge in [-0.25, -0.2) is 9.37 Å². The Morgan fingerprint density at radius 1 is 0.879 bits per heavy atom. The number of benzene rings is 3. The van der Waals surface area contributed by atoms with Gasteiger partial charge in [-0.1, -0.05) is 38.1 Å². The van der Waals surface area contributed by atoms with Crippen LogP contribution in [0, 0.1) is 18.7 Å². The van der Waals surface area contributed by atoms with E-state index in [1.165, 1.54) is 12.1 Å². The number of nitrogens with zero attached hydrogens (tertiary/aromatic N) is 1. The summed E-state index contributed by atoms with van der Waals surface area (Å²) in [6.45, 7) is 6.47. The molecule has 6 heteroatoms. The second kappa shape index (κ2) is 8.85. The summed E-state index contributed by atoms with van der Waals surface area (Å²) in [7, 11) is 0. The highest BCUT2D eigenvalue weighted by molar-refractivity contribution is 5.86. The van der Waals surface area contributed by atoms with Crippen LogP contribution in [0.5, 0.6) is 5.75 Å². The topological polar surface area (TPSA) is 22.1 Å². The maximum atomic E-state index is 15.0. The quantitative estimate of drug-likeness (QED) is 0.285. The summed E-state index contributed by atoms with van der Waals surface area (Å²) in [5, 5.41) is 0.422. The predicted octanol–water partition coefficient (Wildman–Crippen LogP) is 8.07. The highest BCUT2D eigenvalue weighted by Crippen LogP contribution is 2.34. The lowest BCUT2D eigenvalue weighted by molar-refractivity contribution is -0.137. The average Bonchev–Trinajstić information content (AvgIpc) is 2.77. The minimum absolute atomic E-state index is 0.407. The fourth-order valence-corrected chi connectivity index (χ4v) is 3.62. The van der Waals surface area contributed by atoms with Gasteiger partial charge < -0.3 is 4.74 Å². The molecule has 0 unspecified atom stereocenters. The molecule has 4 rings (SSSR count). The monoisotopic (exact) mass is 453 g/mol. The zero-order valence-corrected chi connectivity index (χ0v) is 18.5. The fraction of sp³-hybridized carbons (Fsp3) is 0.222. The Bertz CT molecular complexity index is 1290. The van der Waals surface area contributed by atoms with Gasteiger partial charge in [-0.2, -0.15) is 13.2 Å². The Kier molecular flexibility index (Phi) is 6.11. The molecule has 1 heterocycles. The Balaban J connectivity index is 1.64. The first-order chi connectivity index (χ1) is 15.6. The van der Waals surface area contributed by atoms with Crippen LogP contribution in [-0.4, -0.2) is 11.6 Å². The van der Waals surface area contributed by atoms with Crippen LogP contribution in [-0.2, 0) is 6.18 Å². The third-order valence-corrected chi connectivity index (χ3v) is 5.36. The van der Waals surface area contributed by atoms with Crippen molar-refractivity contribution in [2.24, 2.45) is 5.92 Å². The number of aryl methyl sites for hydroxylation is 1. The van der Waals surface area contributed by atoms with Crippen LogP contribution >= 0.6 is 0 Å². The molecule has 0 atom stereocenters. The minimum Gasteiger partial charge on any atom is -0.493 e. The molecule has 3 aromatic carbocycles. The zero-order chi connectivity index (χ0) is 23.8. The molecule has 33 heavy (non-hydrogen) atoms. The third kappa shape index (κ3) is 5.00. The summed E-state index contributed by atoms with van der Waals surface area (Å²) < 4.78 is 59.8. The van der Waals surface area contributed by atoms with Crippen LogP contribution in [0.3, 0.4) is 0 Å². The van der Waals surface area contributed by atoms with E-state index in [1.54, 1.807) is 25.1 Å². The normalized spacial score (nSPS) is 11.9. The van der Waals surface area contributed by atoms with E-state index in [9.17, 15) is 17.6 Å². The number of pyridine rings is 1. The number of hydrogen-bond donors (Lipinski definition) is 0. The van der Waals surface area contributed by atoms with Gasteiger partial charge in [0.05, 0.1) is 23.4 Å². The van der Waals surface area contributed by atoms with E-state index in [2.05, 4.69) is 18.8 Å². The number of hydrogen-bond acceptors (Lipinski definition) is 2. The van der Waals surface area contributed by atoms with Crippen molar-refractivity contribution in [2.45, 2.75) is 26.9 Å². The number of ether oxygens (including phenoxy) is 1. The van der Waals surface area contributed by atoms with Crippen LogP contribution in [0.4, 0.5) is 17.6 Å². The van der Waals surface area contributed by atoms with Crippen LogP contribution in [0.25, 0.3) is 33.3 Å². The summed E-state index contributed by atoms with van der Waals surface area (Å²) in [6.07, 6.45) is -4.42. The van der Waals surface area contributed by atoms with E-state index in [4.69, 9.17) is 4.74 Å². The third-order valence-electron chi connectivity index (χ3n) is 5.36. The number of alkyl halides is 3. The molecule has 0 aliphatic heterocycles. The second-order valence-corrected chi connectivity index (χ2v) is 8.48. The Morgan fingerprint density at radius 2 is 1.58 bits per heavy atom. The van der Waals surface area contributed by atoms with Gasteiger partial charge in [0.1, 0.15) is 11.6 Å². The lowest BCUT2D eigenvalue weighted by Gasteiger charge is -2.12. The molecule has 0 fully saturated rings. The van der Waals surface area contributed by atoms with Crippen LogP contribution in [0.1, 0.15) is 25.0 Å². The smallest absolute Gasteiger partial charge is 0.416 e. The lowest BCUT2D eigenvalue weighted by atomic mass is 9.99. The first-order valence-electron chi connectivity index (χ1n) is 10.6. The molecule has 0 radical (unpaired) electrons. The standard InChI is InChI=1S/C27H23F4NO/c1-16(2)15-33-21-8-4-18(5-9-21)22-10-6-19(13-24(22)28)26-12-17(3)23-14-20(27(29,30)31)7-11-25(23)32-26/h4-14,16H,15H2,1-3H3. The summed E-state index contributed by atoms with van der Waals surface area (Å²) in [5.41, 5.74) is 2.58. The Morgan fingerprint density at radius 3 is 2.21 bits per heavy atom. The summed E-state index contributed by atoms with van der Waals surface area (Å²) in [6, 6.07) is 17.2. The van der Waals surface area contributed by atoms with Crippen molar-refractivity contribution in [1.82, 2.24) is 4.98 Å². The minimum atomic E-state index is -4.42. The molecule has 0 saturated carbocycles.